The first kappa shape index (κ1) is 54.8. The van der Waals surface area contributed by atoms with Crippen LogP contribution in [0.4, 0.5) is 0 Å². The standard InChI is InChI=1S/C49H76N6O9/c1-33(2)30-39(46(60)51-38(45(50)59)31-36-24-18-16-19-25-36)52-48(62)44(35(5)56)55-42(58)29-23-15-13-11-9-7-6-8-10-12-14-22-28-41(57)54-43(34(3)4)47(61)53-40(49(63)64)32-37-26-20-17-21-27-37/h16-21,24-27,33-35,38-40,43-44,56H,6-15,22-23,28-32H2,1-5H3,(H2,50,59)(H,51,60)(H,52,62)(H,53,61)(H,54,57)(H,55,58)(H,63,64)/t35?,38-,39-,40-,43-,44-/m0/s1. The Morgan fingerprint density at radius 3 is 1.27 bits per heavy atom. The first-order valence-electron chi connectivity index (χ1n) is 23.3. The van der Waals surface area contributed by atoms with Crippen molar-refractivity contribution < 1.29 is 43.8 Å². The zero-order valence-corrected chi connectivity index (χ0v) is 38.7. The van der Waals surface area contributed by atoms with Gasteiger partial charge in [-0.3, -0.25) is 28.8 Å². The molecular weight excluding hydrogens is 817 g/mol. The number of rotatable bonds is 33. The van der Waals surface area contributed by atoms with Crippen molar-refractivity contribution in [3.8, 4) is 0 Å². The second kappa shape index (κ2) is 30.7. The lowest BCUT2D eigenvalue weighted by Gasteiger charge is -2.26. The van der Waals surface area contributed by atoms with E-state index in [0.29, 0.717) is 19.3 Å². The van der Waals surface area contributed by atoms with Gasteiger partial charge in [0.05, 0.1) is 6.10 Å². The number of hydrogen-bond acceptors (Lipinski definition) is 8. The van der Waals surface area contributed by atoms with E-state index in [0.717, 1.165) is 75.3 Å². The maximum absolute atomic E-state index is 13.3. The summed E-state index contributed by atoms with van der Waals surface area (Å²) in [5.74, 6) is -4.41. The summed E-state index contributed by atoms with van der Waals surface area (Å²) in [4.78, 5) is 89.1. The Morgan fingerprint density at radius 2 is 0.875 bits per heavy atom. The molecule has 15 heteroatoms. The zero-order valence-electron chi connectivity index (χ0n) is 38.7. The molecule has 2 aromatic carbocycles. The van der Waals surface area contributed by atoms with Crippen molar-refractivity contribution in [1.29, 1.82) is 0 Å². The molecule has 6 amide bonds. The van der Waals surface area contributed by atoms with Gasteiger partial charge in [0, 0.05) is 25.7 Å². The number of hydrogen-bond donors (Lipinski definition) is 8. The fraction of sp³-hybridized carbons (Fsp3) is 0.612. The largest absolute Gasteiger partial charge is 0.480 e. The smallest absolute Gasteiger partial charge is 0.326 e. The summed E-state index contributed by atoms with van der Waals surface area (Å²) in [6.45, 7) is 8.81. The van der Waals surface area contributed by atoms with Crippen molar-refractivity contribution in [3.63, 3.8) is 0 Å². The number of carbonyl (C=O) groups excluding carboxylic acids is 6. The molecule has 0 saturated heterocycles. The Balaban J connectivity index is 1.60. The Kier molecular flexibility index (Phi) is 26.3. The van der Waals surface area contributed by atoms with Crippen molar-refractivity contribution in [1.82, 2.24) is 26.6 Å². The second-order valence-electron chi connectivity index (χ2n) is 17.8. The summed E-state index contributed by atoms with van der Waals surface area (Å²) in [6, 6.07) is 13.0. The van der Waals surface area contributed by atoms with Crippen LogP contribution in [0.25, 0.3) is 0 Å². The number of amides is 6. The van der Waals surface area contributed by atoms with Gasteiger partial charge in [0.15, 0.2) is 0 Å². The van der Waals surface area contributed by atoms with E-state index in [1.807, 2.05) is 88.4 Å². The highest BCUT2D eigenvalue weighted by Gasteiger charge is 2.32. The molecule has 0 heterocycles. The number of carboxylic acids is 1. The monoisotopic (exact) mass is 893 g/mol. The Bertz CT molecular complexity index is 1720. The molecule has 6 atom stereocenters. The van der Waals surface area contributed by atoms with Crippen LogP contribution in [0.1, 0.15) is 142 Å². The molecule has 0 radical (unpaired) electrons. The van der Waals surface area contributed by atoms with Crippen molar-refractivity contribution >= 4 is 41.4 Å². The van der Waals surface area contributed by atoms with Crippen molar-refractivity contribution in [2.75, 3.05) is 0 Å². The van der Waals surface area contributed by atoms with Crippen molar-refractivity contribution in [3.05, 3.63) is 71.8 Å². The summed E-state index contributed by atoms with van der Waals surface area (Å²) < 4.78 is 0. The highest BCUT2D eigenvalue weighted by molar-refractivity contribution is 5.94. The number of carboxylic acid groups (broad SMARTS) is 1. The van der Waals surface area contributed by atoms with Gasteiger partial charge >= 0.3 is 5.97 Å². The van der Waals surface area contributed by atoms with Gasteiger partial charge in [-0.1, -0.05) is 153 Å². The normalized spacial score (nSPS) is 14.1. The van der Waals surface area contributed by atoms with Crippen LogP contribution in [0.5, 0.6) is 0 Å². The van der Waals surface area contributed by atoms with Gasteiger partial charge < -0.3 is 42.5 Å². The van der Waals surface area contributed by atoms with E-state index in [4.69, 9.17) is 5.73 Å². The molecule has 1 unspecified atom stereocenters. The molecule has 0 bridgehead atoms. The van der Waals surface area contributed by atoms with Gasteiger partial charge in [-0.15, -0.1) is 0 Å². The number of aliphatic carboxylic acids is 1. The lowest BCUT2D eigenvalue weighted by molar-refractivity contribution is -0.142. The average Bonchev–Trinajstić information content (AvgIpc) is 3.24. The topological polar surface area (TPSA) is 246 Å². The number of aliphatic hydroxyl groups is 1. The molecule has 9 N–H and O–H groups in total. The zero-order chi connectivity index (χ0) is 47.4. The van der Waals surface area contributed by atoms with Crippen molar-refractivity contribution in [2.24, 2.45) is 17.6 Å². The SMILES string of the molecule is CC(C)C[C@H](NC(=O)[C@@H](NC(=O)CCCCCCCCCCCCCCC(=O)N[C@H](C(=O)N[C@@H](Cc1ccccc1)C(=O)O)C(C)C)C(C)O)C(=O)N[C@@H](Cc1ccccc1)C(N)=O. The first-order chi connectivity index (χ1) is 30.5. The minimum absolute atomic E-state index is 0.00516. The van der Waals surface area contributed by atoms with Crippen LogP contribution < -0.4 is 32.3 Å². The number of carbonyl (C=O) groups is 7. The average molecular weight is 893 g/mol. The Morgan fingerprint density at radius 1 is 0.500 bits per heavy atom. The third kappa shape index (κ3) is 22.9. The van der Waals surface area contributed by atoms with Crippen LogP contribution in [0.15, 0.2) is 60.7 Å². The van der Waals surface area contributed by atoms with Crippen LogP contribution in [0.2, 0.25) is 0 Å². The molecule has 64 heavy (non-hydrogen) atoms. The molecule has 0 fully saturated rings. The van der Waals surface area contributed by atoms with Gasteiger partial charge in [-0.05, 0) is 49.1 Å². The van der Waals surface area contributed by atoms with Gasteiger partial charge in [0.2, 0.25) is 35.4 Å². The number of unbranched alkanes of at least 4 members (excludes halogenated alkanes) is 11. The quantitative estimate of drug-likeness (QED) is 0.0449. The minimum atomic E-state index is -1.26. The molecule has 0 aliphatic carbocycles. The lowest BCUT2D eigenvalue weighted by Crippen LogP contribution is -2.59. The fourth-order valence-electron chi connectivity index (χ4n) is 7.39. The molecule has 2 rings (SSSR count). The van der Waals surface area contributed by atoms with Crippen LogP contribution in [-0.2, 0) is 46.4 Å². The van der Waals surface area contributed by atoms with E-state index in [9.17, 15) is 43.8 Å². The number of primary amides is 1. The van der Waals surface area contributed by atoms with E-state index in [2.05, 4.69) is 26.6 Å². The van der Waals surface area contributed by atoms with E-state index < -0.39 is 65.9 Å². The van der Waals surface area contributed by atoms with Gasteiger partial charge in [-0.2, -0.15) is 0 Å². The predicted octanol–water partition coefficient (Wildman–Crippen LogP) is 5.01. The molecule has 0 aromatic heterocycles. The molecule has 0 spiro atoms. The fourth-order valence-corrected chi connectivity index (χ4v) is 7.39. The van der Waals surface area contributed by atoms with E-state index >= 15 is 0 Å². The first-order valence-corrected chi connectivity index (χ1v) is 23.3. The van der Waals surface area contributed by atoms with E-state index in [-0.39, 0.29) is 49.3 Å². The molecule has 15 nitrogen and oxygen atoms in total. The molecule has 2 aromatic rings. The Hall–Kier alpha value is -5.31. The van der Waals surface area contributed by atoms with Gasteiger partial charge in [-0.25, -0.2) is 4.79 Å². The molecule has 356 valence electrons. The van der Waals surface area contributed by atoms with Crippen LogP contribution in [-0.4, -0.2) is 87.9 Å². The molecular formula is C49H76N6O9. The summed E-state index contributed by atoms with van der Waals surface area (Å²) in [5.41, 5.74) is 7.19. The maximum Gasteiger partial charge on any atom is 0.326 e. The number of benzene rings is 2. The number of nitrogens with two attached hydrogens (primary N) is 1. The van der Waals surface area contributed by atoms with Crippen molar-refractivity contribution in [2.45, 2.75) is 180 Å². The summed E-state index contributed by atoms with van der Waals surface area (Å²) in [5, 5.41) is 33.4. The van der Waals surface area contributed by atoms with E-state index in [1.165, 1.54) is 6.92 Å². The molecule has 0 aliphatic rings. The summed E-state index contributed by atoms with van der Waals surface area (Å²) >= 11 is 0. The Labute approximate surface area is 380 Å². The van der Waals surface area contributed by atoms with E-state index in [1.54, 1.807) is 0 Å². The highest BCUT2D eigenvalue weighted by atomic mass is 16.4. The van der Waals surface area contributed by atoms with Gasteiger partial charge in [0.25, 0.3) is 0 Å². The minimum Gasteiger partial charge on any atom is -0.480 e. The van der Waals surface area contributed by atoms with Gasteiger partial charge in [0.1, 0.15) is 30.2 Å². The third-order valence-electron chi connectivity index (χ3n) is 11.1. The second-order valence-corrected chi connectivity index (χ2v) is 17.8. The van der Waals surface area contributed by atoms with Crippen LogP contribution >= 0.6 is 0 Å². The predicted molar refractivity (Wildman–Crippen MR) is 247 cm³/mol. The third-order valence-corrected chi connectivity index (χ3v) is 11.1. The number of nitrogens with one attached hydrogen (secondary N) is 5. The molecule has 0 aliphatic heterocycles. The highest BCUT2D eigenvalue weighted by Crippen LogP contribution is 2.15. The lowest BCUT2D eigenvalue weighted by atomic mass is 10.0. The number of aliphatic hydroxyl groups excluding tert-OH is 1. The van der Waals surface area contributed by atoms with Crippen LogP contribution in [0, 0.1) is 11.8 Å². The summed E-state index contributed by atoms with van der Waals surface area (Å²) in [6.07, 6.45) is 11.6. The molecule has 0 saturated carbocycles. The summed E-state index contributed by atoms with van der Waals surface area (Å²) in [7, 11) is 0. The van der Waals surface area contributed by atoms with Crippen LogP contribution in [0.3, 0.4) is 0 Å². The maximum atomic E-state index is 13.3.